The number of methoxy groups -OCH3 is 2. The number of thiazole rings is 1. The van der Waals surface area contributed by atoms with Crippen molar-refractivity contribution in [2.75, 3.05) is 26.1 Å². The zero-order valence-corrected chi connectivity index (χ0v) is 17.6. The molecule has 2 aromatic carbocycles. The number of hydrogen-bond donors (Lipinski definition) is 2. The second-order valence-electron chi connectivity index (χ2n) is 6.45. The van der Waals surface area contributed by atoms with Gasteiger partial charge in [-0.05, 0) is 48.4 Å². The molecule has 0 aliphatic rings. The van der Waals surface area contributed by atoms with Crippen molar-refractivity contribution in [3.8, 4) is 11.5 Å². The van der Waals surface area contributed by atoms with E-state index in [4.69, 9.17) is 9.47 Å². The fourth-order valence-corrected chi connectivity index (χ4v) is 3.43. The Morgan fingerprint density at radius 1 is 0.967 bits per heavy atom. The third kappa shape index (κ3) is 6.05. The number of ether oxygens (including phenoxy) is 2. The summed E-state index contributed by atoms with van der Waals surface area (Å²) in [7, 11) is 3.20. The molecule has 0 aliphatic carbocycles. The van der Waals surface area contributed by atoms with Crippen LogP contribution in [0.5, 0.6) is 11.5 Å². The van der Waals surface area contributed by atoms with Crippen LogP contribution in [0.1, 0.15) is 21.6 Å². The first kappa shape index (κ1) is 21.3. The van der Waals surface area contributed by atoms with Gasteiger partial charge in [0.05, 0.1) is 26.3 Å². The minimum atomic E-state index is -0.262. The molecule has 8 heteroatoms. The summed E-state index contributed by atoms with van der Waals surface area (Å²) >= 11 is 1.29. The second kappa shape index (κ2) is 10.4. The lowest BCUT2D eigenvalue weighted by molar-refractivity contribution is -0.120. The summed E-state index contributed by atoms with van der Waals surface area (Å²) in [6.45, 7) is 0.538. The zero-order chi connectivity index (χ0) is 21.3. The number of hydrogen-bond acceptors (Lipinski definition) is 6. The number of nitrogens with zero attached hydrogens (tertiary/aromatic N) is 1. The molecule has 7 nitrogen and oxygen atoms in total. The first-order chi connectivity index (χ1) is 14.6. The summed E-state index contributed by atoms with van der Waals surface area (Å²) in [4.78, 5) is 28.8. The fourth-order valence-electron chi connectivity index (χ4n) is 2.72. The van der Waals surface area contributed by atoms with Gasteiger partial charge >= 0.3 is 0 Å². The summed E-state index contributed by atoms with van der Waals surface area (Å²) in [5, 5.41) is 7.87. The molecule has 156 valence electrons. The summed E-state index contributed by atoms with van der Waals surface area (Å²) in [5.41, 5.74) is 2.24. The highest BCUT2D eigenvalue weighted by Crippen LogP contribution is 2.18. The van der Waals surface area contributed by atoms with Crippen molar-refractivity contribution in [3.63, 3.8) is 0 Å². The lowest BCUT2D eigenvalue weighted by Crippen LogP contribution is -2.27. The predicted molar refractivity (Wildman–Crippen MR) is 116 cm³/mol. The molecule has 0 aliphatic heterocycles. The Balaban J connectivity index is 1.44. The summed E-state index contributed by atoms with van der Waals surface area (Å²) < 4.78 is 10.2. The van der Waals surface area contributed by atoms with Crippen LogP contribution in [0.15, 0.2) is 53.9 Å². The van der Waals surface area contributed by atoms with E-state index in [-0.39, 0.29) is 18.2 Å². The van der Waals surface area contributed by atoms with Crippen molar-refractivity contribution in [2.45, 2.75) is 12.8 Å². The standard InChI is InChI=1S/C22H23N3O4S/c1-28-18-7-3-15(4-8-18)11-12-23-20(26)13-17-14-30-22(24-17)25-21(27)16-5-9-19(29-2)10-6-16/h3-10,14H,11-13H2,1-2H3,(H,23,26)(H,24,25,27). The molecule has 30 heavy (non-hydrogen) atoms. The average molecular weight is 426 g/mol. The van der Waals surface area contributed by atoms with E-state index < -0.39 is 0 Å². The van der Waals surface area contributed by atoms with Crippen molar-refractivity contribution >= 4 is 28.3 Å². The molecule has 0 atom stereocenters. The molecule has 0 spiro atoms. The normalized spacial score (nSPS) is 10.3. The topological polar surface area (TPSA) is 89.6 Å². The molecule has 1 aromatic heterocycles. The van der Waals surface area contributed by atoms with Gasteiger partial charge in [0.25, 0.3) is 5.91 Å². The molecule has 0 bridgehead atoms. The number of amides is 2. The third-order valence-corrected chi connectivity index (χ3v) is 5.17. The number of nitrogens with one attached hydrogen (secondary N) is 2. The van der Waals surface area contributed by atoms with Gasteiger partial charge in [-0.1, -0.05) is 12.1 Å². The van der Waals surface area contributed by atoms with Crippen LogP contribution >= 0.6 is 11.3 Å². The van der Waals surface area contributed by atoms with Crippen LogP contribution in [0.25, 0.3) is 0 Å². The van der Waals surface area contributed by atoms with E-state index in [2.05, 4.69) is 15.6 Å². The number of carbonyl (C=O) groups is 2. The number of benzene rings is 2. The van der Waals surface area contributed by atoms with Gasteiger partial charge in [0.15, 0.2) is 5.13 Å². The zero-order valence-electron chi connectivity index (χ0n) is 16.8. The third-order valence-electron chi connectivity index (χ3n) is 4.36. The van der Waals surface area contributed by atoms with E-state index in [9.17, 15) is 9.59 Å². The molecule has 3 rings (SSSR count). The van der Waals surface area contributed by atoms with Crippen molar-refractivity contribution < 1.29 is 19.1 Å². The molecular weight excluding hydrogens is 402 g/mol. The Bertz CT molecular complexity index is 984. The molecule has 0 unspecified atom stereocenters. The lowest BCUT2D eigenvalue weighted by atomic mass is 10.1. The number of anilines is 1. The Morgan fingerprint density at radius 2 is 1.60 bits per heavy atom. The monoisotopic (exact) mass is 425 g/mol. The average Bonchev–Trinajstić information content (AvgIpc) is 3.20. The van der Waals surface area contributed by atoms with Crippen molar-refractivity contribution in [1.29, 1.82) is 0 Å². The van der Waals surface area contributed by atoms with E-state index >= 15 is 0 Å². The SMILES string of the molecule is COc1ccc(CCNC(=O)Cc2csc(NC(=O)c3ccc(OC)cc3)n2)cc1. The van der Waals surface area contributed by atoms with Gasteiger partial charge < -0.3 is 14.8 Å². The van der Waals surface area contributed by atoms with E-state index in [0.717, 1.165) is 17.7 Å². The molecule has 2 amide bonds. The first-order valence-electron chi connectivity index (χ1n) is 9.37. The van der Waals surface area contributed by atoms with E-state index in [1.54, 1.807) is 43.9 Å². The van der Waals surface area contributed by atoms with Crippen LogP contribution in [0.3, 0.4) is 0 Å². The predicted octanol–water partition coefficient (Wildman–Crippen LogP) is 3.31. The molecule has 3 aromatic rings. The molecule has 0 saturated carbocycles. The lowest BCUT2D eigenvalue weighted by Gasteiger charge is -2.05. The van der Waals surface area contributed by atoms with Gasteiger partial charge in [0.1, 0.15) is 11.5 Å². The van der Waals surface area contributed by atoms with Gasteiger partial charge in [-0.15, -0.1) is 11.3 Å². The van der Waals surface area contributed by atoms with Crippen LogP contribution in [-0.4, -0.2) is 37.6 Å². The quantitative estimate of drug-likeness (QED) is 0.549. The highest BCUT2D eigenvalue weighted by Gasteiger charge is 2.11. The highest BCUT2D eigenvalue weighted by molar-refractivity contribution is 7.14. The van der Waals surface area contributed by atoms with Gasteiger partial charge in [-0.25, -0.2) is 4.98 Å². The van der Waals surface area contributed by atoms with Crippen LogP contribution < -0.4 is 20.1 Å². The number of rotatable bonds is 9. The Kier molecular flexibility index (Phi) is 7.40. The maximum atomic E-state index is 12.3. The van der Waals surface area contributed by atoms with E-state index in [0.29, 0.717) is 28.7 Å². The Hall–Kier alpha value is -3.39. The smallest absolute Gasteiger partial charge is 0.257 e. The van der Waals surface area contributed by atoms with Gasteiger partial charge in [-0.2, -0.15) is 0 Å². The van der Waals surface area contributed by atoms with Crippen LogP contribution in [0.2, 0.25) is 0 Å². The minimum Gasteiger partial charge on any atom is -0.497 e. The van der Waals surface area contributed by atoms with Crippen LogP contribution in [0, 0.1) is 0 Å². The largest absolute Gasteiger partial charge is 0.497 e. The van der Waals surface area contributed by atoms with E-state index in [1.807, 2.05) is 24.3 Å². The molecule has 0 radical (unpaired) electrons. The fraction of sp³-hybridized carbons (Fsp3) is 0.227. The maximum absolute atomic E-state index is 12.3. The second-order valence-corrected chi connectivity index (χ2v) is 7.31. The van der Waals surface area contributed by atoms with Crippen molar-refractivity contribution in [2.24, 2.45) is 0 Å². The van der Waals surface area contributed by atoms with E-state index in [1.165, 1.54) is 11.3 Å². The maximum Gasteiger partial charge on any atom is 0.257 e. The molecular formula is C22H23N3O4S. The summed E-state index contributed by atoms with van der Waals surface area (Å²) in [5.74, 6) is 1.12. The molecule has 2 N–H and O–H groups in total. The van der Waals surface area contributed by atoms with Gasteiger partial charge in [0, 0.05) is 17.5 Å². The van der Waals surface area contributed by atoms with Crippen molar-refractivity contribution in [3.05, 3.63) is 70.7 Å². The minimum absolute atomic E-state index is 0.109. The molecule has 0 fully saturated rings. The van der Waals surface area contributed by atoms with Crippen LogP contribution in [0.4, 0.5) is 5.13 Å². The Labute approximate surface area is 179 Å². The van der Waals surface area contributed by atoms with Gasteiger partial charge in [-0.3, -0.25) is 14.9 Å². The Morgan fingerprint density at radius 3 is 2.23 bits per heavy atom. The number of carbonyl (C=O) groups excluding carboxylic acids is 2. The molecule has 1 heterocycles. The van der Waals surface area contributed by atoms with Crippen molar-refractivity contribution in [1.82, 2.24) is 10.3 Å². The summed E-state index contributed by atoms with van der Waals surface area (Å²) in [6.07, 6.45) is 0.896. The van der Waals surface area contributed by atoms with Gasteiger partial charge in [0.2, 0.25) is 5.91 Å². The number of aromatic nitrogens is 1. The summed E-state index contributed by atoms with van der Waals surface area (Å²) in [6, 6.07) is 14.5. The molecule has 0 saturated heterocycles. The van der Waals surface area contributed by atoms with Crippen LogP contribution in [-0.2, 0) is 17.6 Å². The highest BCUT2D eigenvalue weighted by atomic mass is 32.1. The first-order valence-corrected chi connectivity index (χ1v) is 10.2.